The molecule has 0 atom stereocenters. The van der Waals surface area contributed by atoms with Crippen molar-refractivity contribution in [1.82, 2.24) is 5.32 Å². The molecule has 3 nitrogen and oxygen atoms in total. The molecule has 0 saturated heterocycles. The van der Waals surface area contributed by atoms with Gasteiger partial charge in [0, 0.05) is 6.54 Å². The van der Waals surface area contributed by atoms with Crippen molar-refractivity contribution in [2.24, 2.45) is 5.41 Å². The number of halogens is 1. The molecule has 0 heterocycles. The van der Waals surface area contributed by atoms with Crippen LogP contribution in [0.4, 0.5) is 14.9 Å². The molecule has 2 N–H and O–H groups in total. The van der Waals surface area contributed by atoms with E-state index in [4.69, 9.17) is 0 Å². The predicted molar refractivity (Wildman–Crippen MR) is 62.9 cm³/mol. The Hall–Kier alpha value is -1.58. The minimum Gasteiger partial charge on any atom is -0.337 e. The summed E-state index contributed by atoms with van der Waals surface area (Å²) < 4.78 is 13.2. The first kappa shape index (κ1) is 12.5. The second-order valence-corrected chi connectivity index (χ2v) is 4.85. The molecule has 0 spiro atoms. The van der Waals surface area contributed by atoms with Gasteiger partial charge in [0.15, 0.2) is 0 Å². The van der Waals surface area contributed by atoms with Gasteiger partial charge in [0.25, 0.3) is 0 Å². The van der Waals surface area contributed by atoms with E-state index >= 15 is 0 Å². The molecule has 88 valence electrons. The van der Waals surface area contributed by atoms with E-state index in [1.807, 2.05) is 20.8 Å². The molecule has 0 radical (unpaired) electrons. The number of benzene rings is 1. The number of hydrogen-bond donors (Lipinski definition) is 2. The van der Waals surface area contributed by atoms with Crippen LogP contribution in [0.1, 0.15) is 20.8 Å². The maximum Gasteiger partial charge on any atom is 0.319 e. The van der Waals surface area contributed by atoms with Crippen molar-refractivity contribution in [3.05, 3.63) is 30.1 Å². The number of carbonyl (C=O) groups excluding carboxylic acids is 1. The van der Waals surface area contributed by atoms with Crippen LogP contribution in [-0.2, 0) is 0 Å². The number of carbonyl (C=O) groups is 1. The van der Waals surface area contributed by atoms with Crippen molar-refractivity contribution in [2.45, 2.75) is 20.8 Å². The van der Waals surface area contributed by atoms with E-state index in [0.29, 0.717) is 6.54 Å². The molecule has 0 aliphatic heterocycles. The van der Waals surface area contributed by atoms with Crippen LogP contribution in [-0.4, -0.2) is 12.6 Å². The summed E-state index contributed by atoms with van der Waals surface area (Å²) in [4.78, 5) is 11.4. The topological polar surface area (TPSA) is 41.1 Å². The average Bonchev–Trinajstić information content (AvgIpc) is 2.18. The lowest BCUT2D eigenvalue weighted by atomic mass is 9.97. The fraction of sp³-hybridized carbons (Fsp3) is 0.417. The third kappa shape index (κ3) is 4.29. The van der Waals surface area contributed by atoms with Crippen molar-refractivity contribution >= 4 is 11.7 Å². The van der Waals surface area contributed by atoms with E-state index in [0.717, 1.165) is 0 Å². The summed E-state index contributed by atoms with van der Waals surface area (Å²) in [6.45, 7) is 6.57. The average molecular weight is 224 g/mol. The zero-order valence-corrected chi connectivity index (χ0v) is 9.80. The standard InChI is InChI=1S/C12H17FN2O/c1-12(2,3)8-14-11(16)15-10-7-5-4-6-9(10)13/h4-7H,8H2,1-3H3,(H2,14,15,16). The molecule has 1 rings (SSSR count). The molecule has 0 saturated carbocycles. The molecular formula is C12H17FN2O. The summed E-state index contributed by atoms with van der Waals surface area (Å²) in [6, 6.07) is 5.68. The Morgan fingerprint density at radius 3 is 2.50 bits per heavy atom. The van der Waals surface area contributed by atoms with Crippen LogP contribution < -0.4 is 10.6 Å². The minimum absolute atomic E-state index is 0.00652. The van der Waals surface area contributed by atoms with E-state index in [1.54, 1.807) is 12.1 Å². The summed E-state index contributed by atoms with van der Waals surface area (Å²) in [6.07, 6.45) is 0. The lowest BCUT2D eigenvalue weighted by Gasteiger charge is -2.18. The summed E-state index contributed by atoms with van der Waals surface area (Å²) in [5, 5.41) is 5.14. The van der Waals surface area contributed by atoms with Gasteiger partial charge < -0.3 is 10.6 Å². The van der Waals surface area contributed by atoms with Crippen molar-refractivity contribution < 1.29 is 9.18 Å². The largest absolute Gasteiger partial charge is 0.337 e. The van der Waals surface area contributed by atoms with Gasteiger partial charge in [-0.2, -0.15) is 0 Å². The minimum atomic E-state index is -0.437. The van der Waals surface area contributed by atoms with Gasteiger partial charge in [-0.1, -0.05) is 32.9 Å². The van der Waals surface area contributed by atoms with Crippen molar-refractivity contribution in [3.63, 3.8) is 0 Å². The Balaban J connectivity index is 2.50. The first-order valence-electron chi connectivity index (χ1n) is 5.18. The van der Waals surface area contributed by atoms with Gasteiger partial charge in [-0.15, -0.1) is 0 Å². The van der Waals surface area contributed by atoms with E-state index in [1.165, 1.54) is 12.1 Å². The van der Waals surface area contributed by atoms with Gasteiger partial charge in [-0.05, 0) is 17.5 Å². The van der Waals surface area contributed by atoms with Crippen LogP contribution in [0.5, 0.6) is 0 Å². The molecule has 16 heavy (non-hydrogen) atoms. The molecule has 0 aliphatic carbocycles. The number of rotatable bonds is 2. The fourth-order valence-corrected chi connectivity index (χ4v) is 1.07. The zero-order valence-electron chi connectivity index (χ0n) is 9.80. The maximum atomic E-state index is 13.2. The Kier molecular flexibility index (Phi) is 3.88. The third-order valence-electron chi connectivity index (χ3n) is 1.90. The second kappa shape index (κ2) is 4.96. The number of anilines is 1. The monoisotopic (exact) mass is 224 g/mol. The number of urea groups is 1. The van der Waals surface area contributed by atoms with E-state index in [-0.39, 0.29) is 17.1 Å². The third-order valence-corrected chi connectivity index (χ3v) is 1.90. The Labute approximate surface area is 95.0 Å². The van der Waals surface area contributed by atoms with Crippen LogP contribution in [0.2, 0.25) is 0 Å². The quantitative estimate of drug-likeness (QED) is 0.796. The van der Waals surface area contributed by atoms with Crippen molar-refractivity contribution in [2.75, 3.05) is 11.9 Å². The molecule has 1 aromatic carbocycles. The summed E-state index contributed by atoms with van der Waals surface area (Å²) in [5.41, 5.74) is 0.195. The second-order valence-electron chi connectivity index (χ2n) is 4.85. The molecule has 1 aromatic rings. The molecule has 0 aliphatic rings. The number of amides is 2. The summed E-state index contributed by atoms with van der Waals surface area (Å²) in [7, 11) is 0. The molecule has 0 bridgehead atoms. The number of hydrogen-bond acceptors (Lipinski definition) is 1. The van der Waals surface area contributed by atoms with Gasteiger partial charge in [-0.25, -0.2) is 9.18 Å². The van der Waals surface area contributed by atoms with E-state index in [9.17, 15) is 9.18 Å². The predicted octanol–water partition coefficient (Wildman–Crippen LogP) is 2.99. The highest BCUT2D eigenvalue weighted by atomic mass is 19.1. The van der Waals surface area contributed by atoms with Crippen molar-refractivity contribution in [1.29, 1.82) is 0 Å². The number of para-hydroxylation sites is 1. The Bertz CT molecular complexity index is 372. The van der Waals surface area contributed by atoms with Crippen LogP contribution in [0.25, 0.3) is 0 Å². The van der Waals surface area contributed by atoms with Crippen LogP contribution in [0.3, 0.4) is 0 Å². The lowest BCUT2D eigenvalue weighted by molar-refractivity contribution is 0.247. The summed E-state index contributed by atoms with van der Waals surface area (Å²) >= 11 is 0. The van der Waals surface area contributed by atoms with Crippen LogP contribution >= 0.6 is 0 Å². The first-order valence-corrected chi connectivity index (χ1v) is 5.18. The summed E-state index contributed by atoms with van der Waals surface area (Å²) in [5.74, 6) is -0.437. The highest BCUT2D eigenvalue weighted by molar-refractivity contribution is 5.89. The molecule has 2 amide bonds. The molecule has 0 aromatic heterocycles. The first-order chi connectivity index (χ1) is 7.38. The van der Waals surface area contributed by atoms with Gasteiger partial charge in [0.2, 0.25) is 0 Å². The molecule has 4 heteroatoms. The van der Waals surface area contributed by atoms with Crippen LogP contribution in [0, 0.1) is 11.2 Å². The Morgan fingerprint density at radius 2 is 1.94 bits per heavy atom. The number of nitrogens with one attached hydrogen (secondary N) is 2. The Morgan fingerprint density at radius 1 is 1.31 bits per heavy atom. The zero-order chi connectivity index (χ0) is 12.2. The van der Waals surface area contributed by atoms with Crippen molar-refractivity contribution in [3.8, 4) is 0 Å². The highest BCUT2D eigenvalue weighted by Crippen LogP contribution is 2.13. The van der Waals surface area contributed by atoms with Gasteiger partial charge in [0.05, 0.1) is 5.69 Å². The smallest absolute Gasteiger partial charge is 0.319 e. The maximum absolute atomic E-state index is 13.2. The molecule has 0 fully saturated rings. The van der Waals surface area contributed by atoms with E-state index in [2.05, 4.69) is 10.6 Å². The van der Waals surface area contributed by atoms with Gasteiger partial charge in [-0.3, -0.25) is 0 Å². The van der Waals surface area contributed by atoms with Gasteiger partial charge >= 0.3 is 6.03 Å². The fourth-order valence-electron chi connectivity index (χ4n) is 1.07. The lowest BCUT2D eigenvalue weighted by Crippen LogP contribution is -2.35. The molecule has 0 unspecified atom stereocenters. The normalized spacial score (nSPS) is 11.0. The highest BCUT2D eigenvalue weighted by Gasteiger charge is 2.12. The van der Waals surface area contributed by atoms with Crippen LogP contribution in [0.15, 0.2) is 24.3 Å². The molecular weight excluding hydrogens is 207 g/mol. The van der Waals surface area contributed by atoms with E-state index < -0.39 is 5.82 Å². The van der Waals surface area contributed by atoms with Gasteiger partial charge in [0.1, 0.15) is 5.82 Å². The SMILES string of the molecule is CC(C)(C)CNC(=O)Nc1ccccc1F.